The highest BCUT2D eigenvalue weighted by molar-refractivity contribution is 7.99. The molecule has 0 radical (unpaired) electrons. The van der Waals surface area contributed by atoms with Crippen LogP contribution in [0.5, 0.6) is 0 Å². The summed E-state index contributed by atoms with van der Waals surface area (Å²) in [7, 11) is 0. The van der Waals surface area contributed by atoms with Gasteiger partial charge in [0.05, 0.1) is 5.54 Å². The van der Waals surface area contributed by atoms with E-state index in [1.54, 1.807) is 11.8 Å². The highest BCUT2D eigenvalue weighted by Crippen LogP contribution is 2.21. The molecule has 80 valence electrons. The Bertz CT molecular complexity index is 277. The van der Waals surface area contributed by atoms with Crippen LogP contribution in [0.1, 0.15) is 40.5 Å². The molecular formula is C9H18N4S. The number of rotatable bonds is 4. The molecule has 5 heteroatoms. The Morgan fingerprint density at radius 3 is 2.64 bits per heavy atom. The van der Waals surface area contributed by atoms with E-state index in [1.807, 2.05) is 4.68 Å². The van der Waals surface area contributed by atoms with Crippen LogP contribution in [0.4, 0.5) is 0 Å². The molecule has 0 aliphatic carbocycles. The van der Waals surface area contributed by atoms with Gasteiger partial charge >= 0.3 is 0 Å². The number of hydrogen-bond donors (Lipinski definition) is 0. The minimum Gasteiger partial charge on any atom is -0.215 e. The number of unbranched alkanes of at least 4 members (excludes halogenated alkanes) is 1. The molecule has 0 aromatic carbocycles. The van der Waals surface area contributed by atoms with Crippen molar-refractivity contribution >= 4 is 11.8 Å². The fourth-order valence-corrected chi connectivity index (χ4v) is 2.14. The predicted octanol–water partition coefficient (Wildman–Crippen LogP) is 2.32. The lowest BCUT2D eigenvalue weighted by Crippen LogP contribution is -2.24. The third kappa shape index (κ3) is 2.97. The first-order chi connectivity index (χ1) is 6.55. The lowest BCUT2D eigenvalue weighted by Gasteiger charge is -2.19. The van der Waals surface area contributed by atoms with Crippen molar-refractivity contribution in [3.8, 4) is 0 Å². The average molecular weight is 214 g/mol. The summed E-state index contributed by atoms with van der Waals surface area (Å²) in [5, 5.41) is 12.7. The SMILES string of the molecule is CCCCSc1nnnn1C(C)(C)C. The second-order valence-corrected chi connectivity index (χ2v) is 5.31. The van der Waals surface area contributed by atoms with Crippen molar-refractivity contribution in [3.63, 3.8) is 0 Å². The van der Waals surface area contributed by atoms with Crippen LogP contribution in [0.25, 0.3) is 0 Å². The van der Waals surface area contributed by atoms with Crippen LogP contribution >= 0.6 is 11.8 Å². The monoisotopic (exact) mass is 214 g/mol. The third-order valence-corrected chi connectivity index (χ3v) is 2.81. The van der Waals surface area contributed by atoms with Gasteiger partial charge in [0.1, 0.15) is 0 Å². The molecule has 1 aromatic rings. The lowest BCUT2D eigenvalue weighted by molar-refractivity contribution is 0.321. The minimum atomic E-state index is -0.0297. The number of thioether (sulfide) groups is 1. The summed E-state index contributed by atoms with van der Waals surface area (Å²) in [6.07, 6.45) is 2.42. The molecule has 0 saturated carbocycles. The minimum absolute atomic E-state index is 0.0297. The molecular weight excluding hydrogens is 196 g/mol. The maximum atomic E-state index is 4.02. The molecule has 0 fully saturated rings. The molecule has 0 N–H and O–H groups in total. The number of tetrazole rings is 1. The molecule has 0 bridgehead atoms. The molecule has 0 aliphatic heterocycles. The van der Waals surface area contributed by atoms with Crippen molar-refractivity contribution in [2.45, 2.75) is 51.2 Å². The largest absolute Gasteiger partial charge is 0.215 e. The predicted molar refractivity (Wildman–Crippen MR) is 58.4 cm³/mol. The molecule has 1 aromatic heterocycles. The molecule has 0 amide bonds. The first-order valence-electron chi connectivity index (χ1n) is 4.97. The Morgan fingerprint density at radius 2 is 2.07 bits per heavy atom. The standard InChI is InChI=1S/C9H18N4S/c1-5-6-7-14-8-10-11-12-13(8)9(2,3)4/h5-7H2,1-4H3. The molecule has 1 heterocycles. The number of nitrogens with zero attached hydrogens (tertiary/aromatic N) is 4. The topological polar surface area (TPSA) is 43.6 Å². The van der Waals surface area contributed by atoms with Crippen LogP contribution < -0.4 is 0 Å². The van der Waals surface area contributed by atoms with Crippen LogP contribution in [0.2, 0.25) is 0 Å². The zero-order valence-corrected chi connectivity index (χ0v) is 10.1. The van der Waals surface area contributed by atoms with Gasteiger partial charge < -0.3 is 0 Å². The van der Waals surface area contributed by atoms with Crippen LogP contribution in [0.15, 0.2) is 5.16 Å². The van der Waals surface area contributed by atoms with Crippen molar-refractivity contribution in [2.24, 2.45) is 0 Å². The summed E-state index contributed by atoms with van der Waals surface area (Å²) in [4.78, 5) is 0. The number of hydrogen-bond acceptors (Lipinski definition) is 4. The Balaban J connectivity index is 2.63. The summed E-state index contributed by atoms with van der Waals surface area (Å²) >= 11 is 1.73. The molecule has 0 atom stereocenters. The highest BCUT2D eigenvalue weighted by Gasteiger charge is 2.19. The maximum absolute atomic E-state index is 4.02. The van der Waals surface area contributed by atoms with E-state index in [-0.39, 0.29) is 5.54 Å². The summed E-state index contributed by atoms with van der Waals surface area (Å²) in [6.45, 7) is 8.50. The van der Waals surface area contributed by atoms with E-state index < -0.39 is 0 Å². The average Bonchev–Trinajstić information content (AvgIpc) is 2.52. The fourth-order valence-electron chi connectivity index (χ4n) is 0.998. The van der Waals surface area contributed by atoms with Gasteiger partial charge in [0.25, 0.3) is 0 Å². The van der Waals surface area contributed by atoms with Gasteiger partial charge in [0.15, 0.2) is 0 Å². The summed E-state index contributed by atoms with van der Waals surface area (Å²) < 4.78 is 1.88. The normalized spacial score (nSPS) is 12.0. The van der Waals surface area contributed by atoms with E-state index in [0.29, 0.717) is 0 Å². The van der Waals surface area contributed by atoms with E-state index in [2.05, 4.69) is 43.2 Å². The maximum Gasteiger partial charge on any atom is 0.209 e. The second-order valence-electron chi connectivity index (χ2n) is 4.25. The van der Waals surface area contributed by atoms with Crippen molar-refractivity contribution in [3.05, 3.63) is 0 Å². The van der Waals surface area contributed by atoms with Crippen molar-refractivity contribution in [1.29, 1.82) is 0 Å². The molecule has 0 spiro atoms. The highest BCUT2D eigenvalue weighted by atomic mass is 32.2. The molecule has 4 nitrogen and oxygen atoms in total. The van der Waals surface area contributed by atoms with E-state index in [9.17, 15) is 0 Å². The summed E-state index contributed by atoms with van der Waals surface area (Å²) in [5.41, 5.74) is -0.0297. The van der Waals surface area contributed by atoms with Crippen molar-refractivity contribution in [1.82, 2.24) is 20.2 Å². The van der Waals surface area contributed by atoms with Crippen LogP contribution in [0.3, 0.4) is 0 Å². The Kier molecular flexibility index (Phi) is 3.92. The molecule has 0 saturated heterocycles. The Labute approximate surface area is 89.5 Å². The van der Waals surface area contributed by atoms with Gasteiger partial charge in [0, 0.05) is 5.75 Å². The molecule has 14 heavy (non-hydrogen) atoms. The Morgan fingerprint density at radius 1 is 1.36 bits per heavy atom. The fraction of sp³-hybridized carbons (Fsp3) is 0.889. The van der Waals surface area contributed by atoms with Crippen molar-refractivity contribution in [2.75, 3.05) is 5.75 Å². The van der Waals surface area contributed by atoms with E-state index in [4.69, 9.17) is 0 Å². The van der Waals surface area contributed by atoms with Crippen LogP contribution in [-0.4, -0.2) is 26.0 Å². The van der Waals surface area contributed by atoms with Gasteiger partial charge in [-0.25, -0.2) is 4.68 Å². The Hall–Kier alpha value is -0.580. The summed E-state index contributed by atoms with van der Waals surface area (Å²) in [5.74, 6) is 1.09. The first kappa shape index (κ1) is 11.5. The molecule has 0 unspecified atom stereocenters. The van der Waals surface area contributed by atoms with E-state index in [1.165, 1.54) is 12.8 Å². The molecule has 1 rings (SSSR count). The second kappa shape index (κ2) is 4.77. The van der Waals surface area contributed by atoms with E-state index >= 15 is 0 Å². The van der Waals surface area contributed by atoms with Gasteiger partial charge in [-0.05, 0) is 37.6 Å². The smallest absolute Gasteiger partial charge is 0.209 e. The number of aromatic nitrogens is 4. The first-order valence-corrected chi connectivity index (χ1v) is 5.96. The van der Waals surface area contributed by atoms with Crippen LogP contribution in [-0.2, 0) is 5.54 Å². The van der Waals surface area contributed by atoms with Crippen LogP contribution in [0, 0.1) is 0 Å². The molecule has 0 aliphatic rings. The van der Waals surface area contributed by atoms with Gasteiger partial charge in [-0.15, -0.1) is 5.10 Å². The lowest BCUT2D eigenvalue weighted by atomic mass is 10.1. The van der Waals surface area contributed by atoms with E-state index in [0.717, 1.165) is 10.9 Å². The quantitative estimate of drug-likeness (QED) is 0.570. The zero-order chi connectivity index (χ0) is 10.6. The van der Waals surface area contributed by atoms with Gasteiger partial charge in [-0.3, -0.25) is 0 Å². The van der Waals surface area contributed by atoms with Gasteiger partial charge in [0.2, 0.25) is 5.16 Å². The third-order valence-electron chi connectivity index (χ3n) is 1.81. The van der Waals surface area contributed by atoms with Gasteiger partial charge in [-0.1, -0.05) is 25.1 Å². The van der Waals surface area contributed by atoms with Crippen molar-refractivity contribution < 1.29 is 0 Å². The summed E-state index contributed by atoms with van der Waals surface area (Å²) in [6, 6.07) is 0. The zero-order valence-electron chi connectivity index (χ0n) is 9.32. The van der Waals surface area contributed by atoms with Gasteiger partial charge in [-0.2, -0.15) is 0 Å².